The Balaban J connectivity index is 1.76. The van der Waals surface area contributed by atoms with Crippen LogP contribution in [0.3, 0.4) is 0 Å². The molecule has 0 saturated carbocycles. The highest BCUT2D eigenvalue weighted by atomic mass is 32.1. The Morgan fingerprint density at radius 2 is 2.26 bits per heavy atom. The molecule has 0 aliphatic rings. The molecule has 0 aliphatic carbocycles. The molecule has 19 heavy (non-hydrogen) atoms. The predicted octanol–water partition coefficient (Wildman–Crippen LogP) is 2.46. The Hall–Kier alpha value is -2.21. The maximum absolute atomic E-state index is 13.4. The van der Waals surface area contributed by atoms with Crippen molar-refractivity contribution >= 4 is 22.2 Å². The molecule has 3 aromatic rings. The summed E-state index contributed by atoms with van der Waals surface area (Å²) in [5.41, 5.74) is 0.974. The molecule has 0 spiro atoms. The Kier molecular flexibility index (Phi) is 3.00. The molecule has 0 aliphatic heterocycles. The zero-order valence-electron chi connectivity index (χ0n) is 9.84. The van der Waals surface area contributed by atoms with Crippen LogP contribution in [0.1, 0.15) is 16.1 Å². The fraction of sp³-hybridized carbons (Fsp3) is 0.0769. The molecule has 4 nitrogen and oxygen atoms in total. The second-order valence-electron chi connectivity index (χ2n) is 3.97. The van der Waals surface area contributed by atoms with E-state index in [9.17, 15) is 9.18 Å². The number of nitrogens with one attached hydrogen (secondary N) is 1. The van der Waals surface area contributed by atoms with Gasteiger partial charge in [0.2, 0.25) is 0 Å². The number of benzene rings is 1. The molecule has 1 N–H and O–H groups in total. The van der Waals surface area contributed by atoms with Crippen molar-refractivity contribution in [2.45, 2.75) is 6.54 Å². The van der Waals surface area contributed by atoms with Gasteiger partial charge in [0.15, 0.2) is 4.96 Å². The normalized spacial score (nSPS) is 10.8. The molecular weight excluding hydrogens is 265 g/mol. The Morgan fingerprint density at radius 1 is 1.42 bits per heavy atom. The summed E-state index contributed by atoms with van der Waals surface area (Å²) in [6.45, 7) is 0.164. The standard InChI is InChI=1S/C13H10FN3OS/c14-10-4-2-1-3-9(10)7-16-12(18)11-8-19-13-15-5-6-17(11)13/h1-6,8H,7H2,(H,16,18). The summed E-state index contributed by atoms with van der Waals surface area (Å²) in [5.74, 6) is -0.562. The van der Waals surface area contributed by atoms with E-state index in [0.29, 0.717) is 11.3 Å². The van der Waals surface area contributed by atoms with E-state index in [-0.39, 0.29) is 18.3 Å². The number of aromatic nitrogens is 2. The van der Waals surface area contributed by atoms with Crippen molar-refractivity contribution in [1.29, 1.82) is 0 Å². The minimum absolute atomic E-state index is 0.164. The van der Waals surface area contributed by atoms with Crippen LogP contribution in [0.2, 0.25) is 0 Å². The van der Waals surface area contributed by atoms with Gasteiger partial charge in [-0.25, -0.2) is 9.37 Å². The summed E-state index contributed by atoms with van der Waals surface area (Å²) in [6.07, 6.45) is 3.36. The Labute approximate surface area is 112 Å². The summed E-state index contributed by atoms with van der Waals surface area (Å²) < 4.78 is 15.1. The third-order valence-corrected chi connectivity index (χ3v) is 3.63. The van der Waals surface area contributed by atoms with Gasteiger partial charge in [0.1, 0.15) is 11.5 Å². The number of carbonyl (C=O) groups excluding carboxylic acids is 1. The van der Waals surface area contributed by atoms with Crippen LogP contribution < -0.4 is 5.32 Å². The molecule has 0 atom stereocenters. The summed E-state index contributed by atoms with van der Waals surface area (Å²) in [4.78, 5) is 16.9. The fourth-order valence-electron chi connectivity index (χ4n) is 1.80. The smallest absolute Gasteiger partial charge is 0.269 e. The van der Waals surface area contributed by atoms with Gasteiger partial charge in [-0.1, -0.05) is 18.2 Å². The minimum atomic E-state index is -0.319. The fourth-order valence-corrected chi connectivity index (χ4v) is 2.63. The van der Waals surface area contributed by atoms with Crippen LogP contribution in [0.5, 0.6) is 0 Å². The van der Waals surface area contributed by atoms with Crippen LogP contribution in [0, 0.1) is 5.82 Å². The summed E-state index contributed by atoms with van der Waals surface area (Å²) in [5, 5.41) is 4.44. The van der Waals surface area contributed by atoms with Crippen molar-refractivity contribution in [2.75, 3.05) is 0 Å². The summed E-state index contributed by atoms with van der Waals surface area (Å²) >= 11 is 1.39. The first-order valence-electron chi connectivity index (χ1n) is 5.68. The van der Waals surface area contributed by atoms with Gasteiger partial charge in [-0.2, -0.15) is 0 Å². The van der Waals surface area contributed by atoms with Crippen molar-refractivity contribution in [2.24, 2.45) is 0 Å². The van der Waals surface area contributed by atoms with Crippen LogP contribution in [-0.4, -0.2) is 15.3 Å². The van der Waals surface area contributed by atoms with E-state index >= 15 is 0 Å². The second-order valence-corrected chi connectivity index (χ2v) is 4.81. The maximum atomic E-state index is 13.4. The van der Waals surface area contributed by atoms with Crippen molar-refractivity contribution in [1.82, 2.24) is 14.7 Å². The van der Waals surface area contributed by atoms with Crippen molar-refractivity contribution in [3.63, 3.8) is 0 Å². The minimum Gasteiger partial charge on any atom is -0.347 e. The highest BCUT2D eigenvalue weighted by Crippen LogP contribution is 2.14. The van der Waals surface area contributed by atoms with Crippen molar-refractivity contribution in [3.05, 3.63) is 59.1 Å². The highest BCUT2D eigenvalue weighted by molar-refractivity contribution is 7.15. The molecular formula is C13H10FN3OS. The topological polar surface area (TPSA) is 46.4 Å². The predicted molar refractivity (Wildman–Crippen MR) is 70.6 cm³/mol. The van der Waals surface area contributed by atoms with Gasteiger partial charge >= 0.3 is 0 Å². The molecule has 6 heteroatoms. The van der Waals surface area contributed by atoms with Crippen LogP contribution >= 0.6 is 11.3 Å². The van der Waals surface area contributed by atoms with Gasteiger partial charge in [0, 0.05) is 29.9 Å². The molecule has 0 radical (unpaired) electrons. The number of halogens is 1. The van der Waals surface area contributed by atoms with E-state index in [1.54, 1.807) is 40.4 Å². The third-order valence-electron chi connectivity index (χ3n) is 2.77. The van der Waals surface area contributed by atoms with Gasteiger partial charge < -0.3 is 5.32 Å². The number of amides is 1. The van der Waals surface area contributed by atoms with Gasteiger partial charge in [0.25, 0.3) is 5.91 Å². The number of imidazole rings is 1. The van der Waals surface area contributed by atoms with Gasteiger partial charge in [0.05, 0.1) is 0 Å². The number of fused-ring (bicyclic) bond motifs is 1. The maximum Gasteiger partial charge on any atom is 0.269 e. The molecule has 1 aromatic carbocycles. The van der Waals surface area contributed by atoms with Gasteiger partial charge in [-0.3, -0.25) is 9.20 Å². The number of hydrogen-bond donors (Lipinski definition) is 1. The Morgan fingerprint density at radius 3 is 3.11 bits per heavy atom. The lowest BCUT2D eigenvalue weighted by Gasteiger charge is -2.05. The molecule has 2 aromatic heterocycles. The first kappa shape index (κ1) is 11.9. The van der Waals surface area contributed by atoms with Crippen LogP contribution in [0.15, 0.2) is 42.0 Å². The van der Waals surface area contributed by atoms with Crippen molar-refractivity contribution in [3.8, 4) is 0 Å². The number of rotatable bonds is 3. The highest BCUT2D eigenvalue weighted by Gasteiger charge is 2.12. The Bertz CT molecular complexity index is 734. The summed E-state index contributed by atoms with van der Waals surface area (Å²) in [6, 6.07) is 6.38. The molecule has 0 saturated heterocycles. The van der Waals surface area contributed by atoms with Crippen molar-refractivity contribution < 1.29 is 9.18 Å². The molecule has 0 unspecified atom stereocenters. The van der Waals surface area contributed by atoms with Crippen LogP contribution in [-0.2, 0) is 6.54 Å². The van der Waals surface area contributed by atoms with E-state index in [1.807, 2.05) is 0 Å². The largest absolute Gasteiger partial charge is 0.347 e. The quantitative estimate of drug-likeness (QED) is 0.798. The SMILES string of the molecule is O=C(NCc1ccccc1F)c1csc2nccn12. The summed E-state index contributed by atoms with van der Waals surface area (Å²) in [7, 11) is 0. The van der Waals surface area contributed by atoms with E-state index in [1.165, 1.54) is 17.4 Å². The monoisotopic (exact) mass is 275 g/mol. The zero-order valence-corrected chi connectivity index (χ0v) is 10.7. The van der Waals surface area contributed by atoms with Gasteiger partial charge in [-0.15, -0.1) is 11.3 Å². The second kappa shape index (κ2) is 4.81. The average Bonchev–Trinajstić information content (AvgIpc) is 2.99. The van der Waals surface area contributed by atoms with E-state index in [0.717, 1.165) is 4.96 Å². The number of nitrogens with zero attached hydrogens (tertiary/aromatic N) is 2. The lowest BCUT2D eigenvalue weighted by atomic mass is 10.2. The van der Waals surface area contributed by atoms with Crippen LogP contribution in [0.25, 0.3) is 4.96 Å². The van der Waals surface area contributed by atoms with E-state index < -0.39 is 0 Å². The van der Waals surface area contributed by atoms with Gasteiger partial charge in [-0.05, 0) is 6.07 Å². The lowest BCUT2D eigenvalue weighted by molar-refractivity contribution is 0.0945. The number of hydrogen-bond acceptors (Lipinski definition) is 3. The molecule has 0 fully saturated rings. The number of carbonyl (C=O) groups is 1. The molecule has 3 rings (SSSR count). The molecule has 1 amide bonds. The van der Waals surface area contributed by atoms with Crippen LogP contribution in [0.4, 0.5) is 4.39 Å². The van der Waals surface area contributed by atoms with E-state index in [4.69, 9.17) is 0 Å². The average molecular weight is 275 g/mol. The molecule has 96 valence electrons. The first-order valence-corrected chi connectivity index (χ1v) is 6.56. The number of thiazole rings is 1. The van der Waals surface area contributed by atoms with E-state index in [2.05, 4.69) is 10.3 Å². The zero-order chi connectivity index (χ0) is 13.2. The third kappa shape index (κ3) is 2.22. The lowest BCUT2D eigenvalue weighted by Crippen LogP contribution is -2.24. The molecule has 0 bridgehead atoms. The molecule has 2 heterocycles. The first-order chi connectivity index (χ1) is 9.25.